The fourth-order valence-corrected chi connectivity index (χ4v) is 5.33. The van der Waals surface area contributed by atoms with Crippen molar-refractivity contribution in [3.05, 3.63) is 70.5 Å². The molecule has 2 aromatic carbocycles. The van der Waals surface area contributed by atoms with Gasteiger partial charge in [0.05, 0.1) is 17.8 Å². The standard InChI is InChI=1S/C23H23ClN4O2S2/c1-4-28-21(15(2)30-18-11-9-17(29-3)10-12-18)26-27-23(28)32-14-16-13-31-22(25-16)19-7-5-6-8-20(19)24/h5-13,15H,4,14H2,1-3H3. The van der Waals surface area contributed by atoms with E-state index in [1.54, 1.807) is 30.2 Å². The Morgan fingerprint density at radius 2 is 1.84 bits per heavy atom. The Morgan fingerprint density at radius 3 is 2.56 bits per heavy atom. The molecule has 6 nitrogen and oxygen atoms in total. The molecule has 0 radical (unpaired) electrons. The first-order valence-electron chi connectivity index (χ1n) is 10.1. The van der Waals surface area contributed by atoms with Crippen molar-refractivity contribution in [1.82, 2.24) is 19.7 Å². The summed E-state index contributed by atoms with van der Waals surface area (Å²) in [6.07, 6.45) is -0.240. The van der Waals surface area contributed by atoms with Gasteiger partial charge in [0.1, 0.15) is 16.5 Å². The fraction of sp³-hybridized carbons (Fsp3) is 0.261. The Hall–Kier alpha value is -2.55. The van der Waals surface area contributed by atoms with Gasteiger partial charge in [-0.15, -0.1) is 21.5 Å². The average molecular weight is 487 g/mol. The lowest BCUT2D eigenvalue weighted by molar-refractivity contribution is 0.209. The zero-order valence-electron chi connectivity index (χ0n) is 18.0. The molecule has 2 heterocycles. The van der Waals surface area contributed by atoms with Crippen molar-refractivity contribution in [2.24, 2.45) is 0 Å². The molecule has 166 valence electrons. The number of methoxy groups -OCH3 is 1. The van der Waals surface area contributed by atoms with E-state index in [-0.39, 0.29) is 6.10 Å². The highest BCUT2D eigenvalue weighted by Crippen LogP contribution is 2.32. The van der Waals surface area contributed by atoms with Gasteiger partial charge in [0.25, 0.3) is 0 Å². The minimum atomic E-state index is -0.240. The maximum Gasteiger partial charge on any atom is 0.191 e. The largest absolute Gasteiger partial charge is 0.497 e. The fourth-order valence-electron chi connectivity index (χ4n) is 3.19. The molecule has 4 rings (SSSR count). The monoisotopic (exact) mass is 486 g/mol. The molecule has 0 aliphatic carbocycles. The molecule has 0 amide bonds. The van der Waals surface area contributed by atoms with E-state index in [2.05, 4.69) is 27.1 Å². The molecule has 1 atom stereocenters. The lowest BCUT2D eigenvalue weighted by atomic mass is 10.2. The van der Waals surface area contributed by atoms with Crippen LogP contribution in [0.4, 0.5) is 0 Å². The molecule has 4 aromatic rings. The first kappa shape index (κ1) is 22.6. The van der Waals surface area contributed by atoms with Gasteiger partial charge >= 0.3 is 0 Å². The summed E-state index contributed by atoms with van der Waals surface area (Å²) < 4.78 is 13.4. The number of ether oxygens (including phenoxy) is 2. The molecule has 1 unspecified atom stereocenters. The van der Waals surface area contributed by atoms with Crippen LogP contribution in [-0.2, 0) is 12.3 Å². The van der Waals surface area contributed by atoms with Crippen LogP contribution >= 0.6 is 34.7 Å². The molecular weight excluding hydrogens is 464 g/mol. The van der Waals surface area contributed by atoms with Crippen molar-refractivity contribution in [2.45, 2.75) is 37.4 Å². The molecule has 32 heavy (non-hydrogen) atoms. The third-order valence-corrected chi connectivity index (χ3v) is 7.06. The minimum Gasteiger partial charge on any atom is -0.497 e. The van der Waals surface area contributed by atoms with Crippen LogP contribution in [0.3, 0.4) is 0 Å². The summed E-state index contributed by atoms with van der Waals surface area (Å²) in [5, 5.41) is 13.3. The molecular formula is C23H23ClN4O2S2. The maximum atomic E-state index is 6.31. The van der Waals surface area contributed by atoms with Gasteiger partial charge in [-0.05, 0) is 44.2 Å². The van der Waals surface area contributed by atoms with Crippen LogP contribution in [0.15, 0.2) is 59.1 Å². The lowest BCUT2D eigenvalue weighted by Crippen LogP contribution is -2.12. The number of rotatable bonds is 9. The molecule has 0 N–H and O–H groups in total. The molecule has 0 spiro atoms. The number of thioether (sulfide) groups is 1. The second kappa shape index (κ2) is 10.4. The highest BCUT2D eigenvalue weighted by atomic mass is 35.5. The lowest BCUT2D eigenvalue weighted by Gasteiger charge is -2.15. The number of aromatic nitrogens is 4. The SMILES string of the molecule is CCn1c(SCc2csc(-c3ccccc3Cl)n2)nnc1C(C)Oc1ccc(OC)cc1. The van der Waals surface area contributed by atoms with Gasteiger partial charge in [0.15, 0.2) is 17.1 Å². The summed E-state index contributed by atoms with van der Waals surface area (Å²) in [5.41, 5.74) is 1.95. The maximum absolute atomic E-state index is 6.31. The molecule has 0 aliphatic heterocycles. The van der Waals surface area contributed by atoms with E-state index >= 15 is 0 Å². The van der Waals surface area contributed by atoms with Crippen LogP contribution in [0.5, 0.6) is 11.5 Å². The number of halogens is 1. The van der Waals surface area contributed by atoms with Gasteiger partial charge in [0, 0.05) is 23.2 Å². The topological polar surface area (TPSA) is 62.1 Å². The molecule has 0 saturated carbocycles. The van der Waals surface area contributed by atoms with Crippen molar-refractivity contribution in [3.63, 3.8) is 0 Å². The Kier molecular flexibility index (Phi) is 7.34. The summed E-state index contributed by atoms with van der Waals surface area (Å²) in [6, 6.07) is 15.3. The molecule has 2 aromatic heterocycles. The molecule has 0 aliphatic rings. The van der Waals surface area contributed by atoms with Gasteiger partial charge in [-0.2, -0.15) is 0 Å². The van der Waals surface area contributed by atoms with Crippen molar-refractivity contribution in [1.29, 1.82) is 0 Å². The van der Waals surface area contributed by atoms with Crippen LogP contribution in [0.2, 0.25) is 5.02 Å². The van der Waals surface area contributed by atoms with Gasteiger partial charge in [-0.25, -0.2) is 4.98 Å². The third-order valence-electron chi connectivity index (χ3n) is 4.80. The first-order valence-corrected chi connectivity index (χ1v) is 12.4. The second-order valence-electron chi connectivity index (χ2n) is 6.93. The van der Waals surface area contributed by atoms with E-state index in [9.17, 15) is 0 Å². The number of hydrogen-bond donors (Lipinski definition) is 0. The molecule has 0 bridgehead atoms. The number of benzene rings is 2. The summed E-state index contributed by atoms with van der Waals surface area (Å²) in [5.74, 6) is 3.04. The summed E-state index contributed by atoms with van der Waals surface area (Å²) >= 11 is 9.52. The highest BCUT2D eigenvalue weighted by molar-refractivity contribution is 7.98. The normalized spacial score (nSPS) is 12.0. The van der Waals surface area contributed by atoms with Crippen molar-refractivity contribution >= 4 is 34.7 Å². The summed E-state index contributed by atoms with van der Waals surface area (Å²) in [6.45, 7) is 4.81. The highest BCUT2D eigenvalue weighted by Gasteiger charge is 2.19. The Balaban J connectivity index is 1.43. The van der Waals surface area contributed by atoms with Gasteiger partial charge in [0.2, 0.25) is 0 Å². The van der Waals surface area contributed by atoms with Crippen LogP contribution in [0, 0.1) is 0 Å². The van der Waals surface area contributed by atoms with E-state index in [1.165, 1.54) is 0 Å². The van der Waals surface area contributed by atoms with Gasteiger partial charge < -0.3 is 14.0 Å². The number of thiazole rings is 1. The predicted molar refractivity (Wildman–Crippen MR) is 130 cm³/mol. The second-order valence-corrected chi connectivity index (χ2v) is 9.14. The average Bonchev–Trinajstić information content (AvgIpc) is 3.45. The Morgan fingerprint density at radius 1 is 1.09 bits per heavy atom. The van der Waals surface area contributed by atoms with Crippen LogP contribution < -0.4 is 9.47 Å². The first-order chi connectivity index (χ1) is 15.6. The Labute approximate surface area is 200 Å². The summed E-state index contributed by atoms with van der Waals surface area (Å²) in [4.78, 5) is 4.74. The van der Waals surface area contributed by atoms with Crippen LogP contribution in [0.1, 0.15) is 31.5 Å². The van der Waals surface area contributed by atoms with Crippen molar-refractivity contribution in [2.75, 3.05) is 7.11 Å². The van der Waals surface area contributed by atoms with Crippen molar-refractivity contribution in [3.8, 4) is 22.1 Å². The quantitative estimate of drug-likeness (QED) is 0.251. The van der Waals surface area contributed by atoms with E-state index in [0.717, 1.165) is 45.3 Å². The number of hydrogen-bond acceptors (Lipinski definition) is 7. The third kappa shape index (κ3) is 5.09. The van der Waals surface area contributed by atoms with E-state index in [1.807, 2.05) is 55.5 Å². The van der Waals surface area contributed by atoms with Crippen molar-refractivity contribution < 1.29 is 9.47 Å². The van der Waals surface area contributed by atoms with Crippen LogP contribution in [-0.4, -0.2) is 26.9 Å². The molecule has 9 heteroatoms. The van der Waals surface area contributed by atoms with Gasteiger partial charge in [-0.3, -0.25) is 0 Å². The Bertz CT molecular complexity index is 1180. The molecule has 0 saturated heterocycles. The van der Waals surface area contributed by atoms with E-state index in [4.69, 9.17) is 26.1 Å². The predicted octanol–water partition coefficient (Wildman–Crippen LogP) is 6.52. The minimum absolute atomic E-state index is 0.240. The smallest absolute Gasteiger partial charge is 0.191 e. The number of nitrogens with zero attached hydrogens (tertiary/aromatic N) is 4. The van der Waals surface area contributed by atoms with Crippen LogP contribution in [0.25, 0.3) is 10.6 Å². The molecule has 0 fully saturated rings. The van der Waals surface area contributed by atoms with Gasteiger partial charge in [-0.1, -0.05) is 41.6 Å². The van der Waals surface area contributed by atoms with E-state index in [0.29, 0.717) is 10.8 Å². The zero-order valence-corrected chi connectivity index (χ0v) is 20.4. The van der Waals surface area contributed by atoms with E-state index < -0.39 is 0 Å². The zero-order chi connectivity index (χ0) is 22.5. The summed E-state index contributed by atoms with van der Waals surface area (Å²) in [7, 11) is 1.64.